The molecule has 0 aromatic heterocycles. The number of carbonyl (C=O) groups is 2. The number of nitrogens with zero attached hydrogens (tertiary/aromatic N) is 2. The van der Waals surface area contributed by atoms with Crippen LogP contribution in [0.25, 0.3) is 0 Å². The predicted octanol–water partition coefficient (Wildman–Crippen LogP) is 1.78. The molecule has 1 heterocycles. The Bertz CT molecular complexity index is 554. The highest BCUT2D eigenvalue weighted by molar-refractivity contribution is 5.76. The van der Waals surface area contributed by atoms with Gasteiger partial charge in [0, 0.05) is 45.7 Å². The van der Waals surface area contributed by atoms with E-state index in [0.717, 1.165) is 25.2 Å². The molecule has 1 N–H and O–H groups in total. The second kappa shape index (κ2) is 9.27. The minimum absolute atomic E-state index is 0.0596. The summed E-state index contributed by atoms with van der Waals surface area (Å²) in [4.78, 5) is 27.5. The first kappa shape index (κ1) is 18.3. The Morgan fingerprint density at radius 1 is 1.21 bits per heavy atom. The summed E-state index contributed by atoms with van der Waals surface area (Å²) in [5.41, 5.74) is 2.31. The summed E-state index contributed by atoms with van der Waals surface area (Å²) in [6, 6.07) is 8.14. The van der Waals surface area contributed by atoms with Gasteiger partial charge in [-0.3, -0.25) is 9.69 Å². The second-order valence-electron chi connectivity index (χ2n) is 6.04. The van der Waals surface area contributed by atoms with Gasteiger partial charge >= 0.3 is 6.09 Å². The second-order valence-corrected chi connectivity index (χ2v) is 6.04. The highest BCUT2D eigenvalue weighted by atomic mass is 16.6. The Morgan fingerprint density at radius 2 is 1.96 bits per heavy atom. The number of ether oxygens (including phenoxy) is 1. The van der Waals surface area contributed by atoms with Crippen LogP contribution >= 0.6 is 0 Å². The number of hydrogen-bond acceptors (Lipinski definition) is 4. The molecule has 24 heavy (non-hydrogen) atoms. The molecular weight excluding hydrogens is 306 g/mol. The largest absolute Gasteiger partial charge is 0.450 e. The molecule has 1 aromatic carbocycles. The molecule has 2 amide bonds. The molecule has 0 radical (unpaired) electrons. The summed E-state index contributed by atoms with van der Waals surface area (Å²) in [5, 5.41) is 2.96. The standard InChI is InChI=1S/C18H27N3O3/c1-3-24-18(23)21-11-9-20(10-12-21)8-7-17(22)19-14-16-6-4-5-15(2)13-16/h4-6,13H,3,7-12,14H2,1-2H3,(H,19,22). The van der Waals surface area contributed by atoms with Gasteiger partial charge in [0.05, 0.1) is 6.61 Å². The average Bonchev–Trinajstić information content (AvgIpc) is 2.59. The topological polar surface area (TPSA) is 61.9 Å². The lowest BCUT2D eigenvalue weighted by atomic mass is 10.1. The van der Waals surface area contributed by atoms with Crippen LogP contribution in [0, 0.1) is 6.92 Å². The SMILES string of the molecule is CCOC(=O)N1CCN(CCC(=O)NCc2cccc(C)c2)CC1. The highest BCUT2D eigenvalue weighted by Crippen LogP contribution is 2.05. The fourth-order valence-electron chi connectivity index (χ4n) is 2.74. The molecule has 0 atom stereocenters. The molecule has 1 aliphatic rings. The first-order chi connectivity index (χ1) is 11.6. The Kier molecular flexibility index (Phi) is 7.06. The van der Waals surface area contributed by atoms with Crippen molar-refractivity contribution in [3.63, 3.8) is 0 Å². The Hall–Kier alpha value is -2.08. The van der Waals surface area contributed by atoms with Crippen molar-refractivity contribution in [2.75, 3.05) is 39.3 Å². The number of carbonyl (C=O) groups excluding carboxylic acids is 2. The Labute approximate surface area is 143 Å². The van der Waals surface area contributed by atoms with Crippen LogP contribution in [0.1, 0.15) is 24.5 Å². The first-order valence-electron chi connectivity index (χ1n) is 8.54. The molecule has 0 unspecified atom stereocenters. The number of benzene rings is 1. The summed E-state index contributed by atoms with van der Waals surface area (Å²) in [6.07, 6.45) is 0.235. The zero-order valence-electron chi connectivity index (χ0n) is 14.6. The smallest absolute Gasteiger partial charge is 0.409 e. The van der Waals surface area contributed by atoms with E-state index in [1.54, 1.807) is 4.90 Å². The molecule has 6 nitrogen and oxygen atoms in total. The lowest BCUT2D eigenvalue weighted by Gasteiger charge is -2.33. The maximum atomic E-state index is 12.0. The zero-order valence-corrected chi connectivity index (χ0v) is 14.6. The van der Waals surface area contributed by atoms with Crippen LogP contribution in [0.2, 0.25) is 0 Å². The third-order valence-corrected chi connectivity index (χ3v) is 4.13. The van der Waals surface area contributed by atoms with E-state index in [0.29, 0.717) is 32.7 Å². The van der Waals surface area contributed by atoms with Crippen molar-refractivity contribution in [2.45, 2.75) is 26.8 Å². The molecule has 6 heteroatoms. The van der Waals surface area contributed by atoms with Crippen LogP contribution < -0.4 is 5.32 Å². The van der Waals surface area contributed by atoms with Crippen LogP contribution in [-0.2, 0) is 16.1 Å². The molecule has 0 bridgehead atoms. The van der Waals surface area contributed by atoms with Crippen molar-refractivity contribution in [3.05, 3.63) is 35.4 Å². The third kappa shape index (κ3) is 5.85. The summed E-state index contributed by atoms with van der Waals surface area (Å²) < 4.78 is 5.00. The van der Waals surface area contributed by atoms with Gasteiger partial charge in [-0.05, 0) is 19.4 Å². The van der Waals surface area contributed by atoms with Gasteiger partial charge in [0.2, 0.25) is 5.91 Å². The van der Waals surface area contributed by atoms with Crippen LogP contribution in [0.4, 0.5) is 4.79 Å². The van der Waals surface area contributed by atoms with E-state index in [1.165, 1.54) is 5.56 Å². The van der Waals surface area contributed by atoms with E-state index >= 15 is 0 Å². The van der Waals surface area contributed by atoms with Gasteiger partial charge in [-0.15, -0.1) is 0 Å². The molecule has 2 rings (SSSR count). The molecule has 1 saturated heterocycles. The predicted molar refractivity (Wildman–Crippen MR) is 92.7 cm³/mol. The summed E-state index contributed by atoms with van der Waals surface area (Å²) in [7, 11) is 0. The maximum Gasteiger partial charge on any atom is 0.409 e. The minimum atomic E-state index is -0.243. The van der Waals surface area contributed by atoms with Gasteiger partial charge in [0.1, 0.15) is 0 Å². The number of rotatable bonds is 6. The van der Waals surface area contributed by atoms with Crippen molar-refractivity contribution >= 4 is 12.0 Å². The quantitative estimate of drug-likeness (QED) is 0.862. The Balaban J connectivity index is 1.63. The number of hydrogen-bond donors (Lipinski definition) is 1. The third-order valence-electron chi connectivity index (χ3n) is 4.13. The average molecular weight is 333 g/mol. The fraction of sp³-hybridized carbons (Fsp3) is 0.556. The van der Waals surface area contributed by atoms with E-state index in [9.17, 15) is 9.59 Å². The molecular formula is C18H27N3O3. The lowest BCUT2D eigenvalue weighted by molar-refractivity contribution is -0.121. The van der Waals surface area contributed by atoms with Crippen molar-refractivity contribution in [2.24, 2.45) is 0 Å². The lowest BCUT2D eigenvalue weighted by Crippen LogP contribution is -2.49. The summed E-state index contributed by atoms with van der Waals surface area (Å²) in [5.74, 6) is 0.0596. The minimum Gasteiger partial charge on any atom is -0.450 e. The van der Waals surface area contributed by atoms with E-state index in [1.807, 2.05) is 32.0 Å². The normalized spacial score (nSPS) is 15.2. The number of piperazine rings is 1. The number of amides is 2. The van der Waals surface area contributed by atoms with Crippen molar-refractivity contribution < 1.29 is 14.3 Å². The fourth-order valence-corrected chi connectivity index (χ4v) is 2.74. The van der Waals surface area contributed by atoms with Gasteiger partial charge in [-0.25, -0.2) is 4.79 Å². The van der Waals surface area contributed by atoms with E-state index in [-0.39, 0.29) is 12.0 Å². The molecule has 0 spiro atoms. The van der Waals surface area contributed by atoms with Crippen LogP contribution in [0.3, 0.4) is 0 Å². The summed E-state index contributed by atoms with van der Waals surface area (Å²) in [6.45, 7) is 8.42. The molecule has 1 fully saturated rings. The van der Waals surface area contributed by atoms with Gasteiger partial charge in [0.15, 0.2) is 0 Å². The monoisotopic (exact) mass is 333 g/mol. The maximum absolute atomic E-state index is 12.0. The van der Waals surface area contributed by atoms with E-state index in [2.05, 4.69) is 16.3 Å². The van der Waals surface area contributed by atoms with Crippen LogP contribution in [0.5, 0.6) is 0 Å². The van der Waals surface area contributed by atoms with Gasteiger partial charge in [-0.1, -0.05) is 29.8 Å². The van der Waals surface area contributed by atoms with Crippen molar-refractivity contribution in [3.8, 4) is 0 Å². The molecule has 132 valence electrons. The van der Waals surface area contributed by atoms with Crippen molar-refractivity contribution in [1.82, 2.24) is 15.1 Å². The van der Waals surface area contributed by atoms with Gasteiger partial charge in [0.25, 0.3) is 0 Å². The van der Waals surface area contributed by atoms with E-state index < -0.39 is 0 Å². The van der Waals surface area contributed by atoms with Gasteiger partial charge < -0.3 is 15.0 Å². The Morgan fingerprint density at radius 3 is 2.62 bits per heavy atom. The number of aryl methyl sites for hydroxylation is 1. The highest BCUT2D eigenvalue weighted by Gasteiger charge is 2.21. The number of nitrogens with one attached hydrogen (secondary N) is 1. The van der Waals surface area contributed by atoms with Crippen LogP contribution in [0.15, 0.2) is 24.3 Å². The molecule has 0 saturated carbocycles. The van der Waals surface area contributed by atoms with Crippen LogP contribution in [-0.4, -0.2) is 61.1 Å². The summed E-state index contributed by atoms with van der Waals surface area (Å²) >= 11 is 0. The first-order valence-corrected chi connectivity index (χ1v) is 8.54. The molecule has 1 aliphatic heterocycles. The van der Waals surface area contributed by atoms with Gasteiger partial charge in [-0.2, -0.15) is 0 Å². The zero-order chi connectivity index (χ0) is 17.4. The van der Waals surface area contributed by atoms with Crippen molar-refractivity contribution in [1.29, 1.82) is 0 Å². The van der Waals surface area contributed by atoms with E-state index in [4.69, 9.17) is 4.74 Å². The molecule has 0 aliphatic carbocycles. The molecule has 1 aromatic rings.